The molecular weight excluding hydrogens is 214 g/mol. The Bertz CT molecular complexity index is 375. The zero-order chi connectivity index (χ0) is 12.3. The Morgan fingerprint density at radius 1 is 1.47 bits per heavy atom. The van der Waals surface area contributed by atoms with Crippen molar-refractivity contribution in [2.45, 2.75) is 51.7 Å². The van der Waals surface area contributed by atoms with E-state index in [2.05, 4.69) is 10.2 Å². The third-order valence-electron chi connectivity index (χ3n) is 3.36. The van der Waals surface area contributed by atoms with Crippen molar-refractivity contribution in [3.63, 3.8) is 0 Å². The Kier molecular flexibility index (Phi) is 4.07. The van der Waals surface area contributed by atoms with Gasteiger partial charge in [-0.2, -0.15) is 10.2 Å². The topological polar surface area (TPSA) is 61.0 Å². The Labute approximate surface area is 103 Å². The molecule has 17 heavy (non-hydrogen) atoms. The summed E-state index contributed by atoms with van der Waals surface area (Å²) >= 11 is 0. The van der Waals surface area contributed by atoms with E-state index in [0.29, 0.717) is 6.10 Å². The smallest absolute Gasteiger partial charge is 0.0648 e. The molecule has 0 radical (unpaired) electrons. The van der Waals surface area contributed by atoms with E-state index in [0.717, 1.165) is 36.4 Å². The zero-order valence-electron chi connectivity index (χ0n) is 10.6. The molecule has 94 valence electrons. The summed E-state index contributed by atoms with van der Waals surface area (Å²) in [6, 6.07) is 2.09. The normalized spacial score (nSPS) is 21.7. The van der Waals surface area contributed by atoms with Crippen LogP contribution in [0.5, 0.6) is 0 Å². The average Bonchev–Trinajstić information content (AvgIpc) is 2.82. The van der Waals surface area contributed by atoms with E-state index in [1.165, 1.54) is 12.8 Å². The molecule has 2 rings (SSSR count). The van der Waals surface area contributed by atoms with Crippen LogP contribution in [0.3, 0.4) is 0 Å². The number of rotatable bonds is 4. The second-order valence-corrected chi connectivity index (χ2v) is 4.85. The third kappa shape index (κ3) is 3.23. The highest BCUT2D eigenvalue weighted by molar-refractivity contribution is 5.23. The summed E-state index contributed by atoms with van der Waals surface area (Å²) in [4.78, 5) is 0. The van der Waals surface area contributed by atoms with Crippen LogP contribution in [-0.2, 0) is 4.74 Å². The van der Waals surface area contributed by atoms with Gasteiger partial charge in [0.2, 0.25) is 0 Å². The minimum Gasteiger partial charge on any atom is -0.378 e. The fourth-order valence-electron chi connectivity index (χ4n) is 2.34. The summed E-state index contributed by atoms with van der Waals surface area (Å²) in [6.45, 7) is 4.82. The van der Waals surface area contributed by atoms with E-state index in [-0.39, 0.29) is 6.04 Å². The van der Waals surface area contributed by atoms with Crippen LogP contribution in [0.15, 0.2) is 6.07 Å². The summed E-state index contributed by atoms with van der Waals surface area (Å²) < 4.78 is 5.61. The summed E-state index contributed by atoms with van der Waals surface area (Å²) in [5.74, 6) is 0. The molecule has 0 aliphatic carbocycles. The number of hydrogen-bond acceptors (Lipinski definition) is 4. The highest BCUT2D eigenvalue weighted by Crippen LogP contribution is 2.23. The van der Waals surface area contributed by atoms with Crippen LogP contribution < -0.4 is 5.73 Å². The minimum absolute atomic E-state index is 0.0494. The van der Waals surface area contributed by atoms with Gasteiger partial charge in [-0.15, -0.1) is 0 Å². The Morgan fingerprint density at radius 3 is 3.00 bits per heavy atom. The molecule has 2 unspecified atom stereocenters. The van der Waals surface area contributed by atoms with Crippen LogP contribution in [0.1, 0.15) is 48.7 Å². The molecule has 1 aliphatic heterocycles. The first-order valence-corrected chi connectivity index (χ1v) is 6.35. The van der Waals surface area contributed by atoms with Gasteiger partial charge in [-0.3, -0.25) is 0 Å². The van der Waals surface area contributed by atoms with Gasteiger partial charge in [0, 0.05) is 12.6 Å². The molecule has 2 heterocycles. The lowest BCUT2D eigenvalue weighted by Crippen LogP contribution is -2.16. The number of ether oxygens (including phenoxy) is 1. The van der Waals surface area contributed by atoms with Crippen LogP contribution in [0.25, 0.3) is 0 Å². The van der Waals surface area contributed by atoms with Crippen LogP contribution in [0, 0.1) is 13.8 Å². The van der Waals surface area contributed by atoms with Gasteiger partial charge in [0.1, 0.15) is 0 Å². The van der Waals surface area contributed by atoms with Crippen molar-refractivity contribution in [2.75, 3.05) is 6.61 Å². The molecule has 0 spiro atoms. The molecule has 0 saturated carbocycles. The maximum Gasteiger partial charge on any atom is 0.0648 e. The summed E-state index contributed by atoms with van der Waals surface area (Å²) in [5.41, 5.74) is 9.21. The maximum absolute atomic E-state index is 6.22. The van der Waals surface area contributed by atoms with Gasteiger partial charge in [-0.25, -0.2) is 0 Å². The zero-order valence-corrected chi connectivity index (χ0v) is 10.6. The van der Waals surface area contributed by atoms with Crippen LogP contribution in [0.4, 0.5) is 0 Å². The van der Waals surface area contributed by atoms with Crippen molar-refractivity contribution in [1.82, 2.24) is 10.2 Å². The van der Waals surface area contributed by atoms with Crippen molar-refractivity contribution < 1.29 is 4.74 Å². The second-order valence-electron chi connectivity index (χ2n) is 4.85. The lowest BCUT2D eigenvalue weighted by atomic mass is 9.99. The van der Waals surface area contributed by atoms with Gasteiger partial charge in [0.15, 0.2) is 0 Å². The summed E-state index contributed by atoms with van der Waals surface area (Å²) in [5, 5.41) is 8.15. The Balaban J connectivity index is 1.93. The molecular formula is C13H21N3O. The fourth-order valence-corrected chi connectivity index (χ4v) is 2.34. The molecule has 1 aliphatic rings. The number of hydrogen-bond donors (Lipinski definition) is 1. The highest BCUT2D eigenvalue weighted by Gasteiger charge is 2.18. The lowest BCUT2D eigenvalue weighted by Gasteiger charge is -2.16. The van der Waals surface area contributed by atoms with Gasteiger partial charge >= 0.3 is 0 Å². The molecule has 1 aromatic rings. The predicted octanol–water partition coefficient (Wildman–Crippen LogP) is 2.05. The third-order valence-corrected chi connectivity index (χ3v) is 3.36. The maximum atomic E-state index is 6.22. The first-order chi connectivity index (χ1) is 8.16. The monoisotopic (exact) mass is 235 g/mol. The minimum atomic E-state index is 0.0494. The van der Waals surface area contributed by atoms with E-state index in [4.69, 9.17) is 10.5 Å². The number of nitrogens with zero attached hydrogens (tertiary/aromatic N) is 2. The van der Waals surface area contributed by atoms with Crippen molar-refractivity contribution >= 4 is 0 Å². The van der Waals surface area contributed by atoms with Gasteiger partial charge in [-0.05, 0) is 51.2 Å². The van der Waals surface area contributed by atoms with Crippen LogP contribution in [0.2, 0.25) is 0 Å². The van der Waals surface area contributed by atoms with Gasteiger partial charge in [-0.1, -0.05) is 0 Å². The van der Waals surface area contributed by atoms with Gasteiger partial charge in [0.05, 0.1) is 17.5 Å². The number of aromatic nitrogens is 2. The Hall–Kier alpha value is -1.00. The molecule has 1 fully saturated rings. The van der Waals surface area contributed by atoms with E-state index in [9.17, 15) is 0 Å². The molecule has 2 N–H and O–H groups in total. The SMILES string of the molecule is Cc1cc(C(N)CCC2CCCO2)c(C)nn1. The average molecular weight is 235 g/mol. The van der Waals surface area contributed by atoms with Crippen molar-refractivity contribution in [1.29, 1.82) is 0 Å². The largest absolute Gasteiger partial charge is 0.378 e. The van der Waals surface area contributed by atoms with E-state index in [1.54, 1.807) is 0 Å². The van der Waals surface area contributed by atoms with Gasteiger partial charge in [0.25, 0.3) is 0 Å². The Morgan fingerprint density at radius 2 is 2.29 bits per heavy atom. The molecule has 0 bridgehead atoms. The molecule has 0 amide bonds. The summed E-state index contributed by atoms with van der Waals surface area (Å²) in [6.07, 6.45) is 4.78. The van der Waals surface area contributed by atoms with Crippen LogP contribution in [-0.4, -0.2) is 22.9 Å². The first-order valence-electron chi connectivity index (χ1n) is 6.35. The molecule has 1 aromatic heterocycles. The standard InChI is InChI=1S/C13H21N3O/c1-9-8-12(10(2)16-15-9)13(14)6-5-11-4-3-7-17-11/h8,11,13H,3-7,14H2,1-2H3. The first kappa shape index (κ1) is 12.5. The van der Waals surface area contributed by atoms with Gasteiger partial charge < -0.3 is 10.5 Å². The summed E-state index contributed by atoms with van der Waals surface area (Å²) in [7, 11) is 0. The van der Waals surface area contributed by atoms with E-state index in [1.807, 2.05) is 19.9 Å². The van der Waals surface area contributed by atoms with Crippen LogP contribution >= 0.6 is 0 Å². The predicted molar refractivity (Wildman–Crippen MR) is 66.6 cm³/mol. The molecule has 0 aromatic carbocycles. The van der Waals surface area contributed by atoms with Crippen molar-refractivity contribution in [3.8, 4) is 0 Å². The molecule has 4 heteroatoms. The highest BCUT2D eigenvalue weighted by atomic mass is 16.5. The van der Waals surface area contributed by atoms with Crippen molar-refractivity contribution in [3.05, 3.63) is 23.0 Å². The number of nitrogens with two attached hydrogens (primary N) is 1. The van der Waals surface area contributed by atoms with E-state index >= 15 is 0 Å². The number of aryl methyl sites for hydroxylation is 2. The van der Waals surface area contributed by atoms with Crippen molar-refractivity contribution in [2.24, 2.45) is 5.73 Å². The molecule has 4 nitrogen and oxygen atoms in total. The molecule has 2 atom stereocenters. The second kappa shape index (κ2) is 5.56. The fraction of sp³-hybridized carbons (Fsp3) is 0.692. The lowest BCUT2D eigenvalue weighted by molar-refractivity contribution is 0.101. The quantitative estimate of drug-likeness (QED) is 0.867. The van der Waals surface area contributed by atoms with E-state index < -0.39 is 0 Å². The molecule has 1 saturated heterocycles.